The number of fused-ring (bicyclic) bond motifs is 1. The summed E-state index contributed by atoms with van der Waals surface area (Å²) in [6.07, 6.45) is 0. The quantitative estimate of drug-likeness (QED) is 0.813. The third-order valence-corrected chi connectivity index (χ3v) is 3.98. The number of hydrogen-bond donors (Lipinski definition) is 0. The molecule has 0 fully saturated rings. The van der Waals surface area contributed by atoms with Crippen LogP contribution in [0.15, 0.2) is 36.4 Å². The minimum Gasteiger partial charge on any atom is -0.493 e. The van der Waals surface area contributed by atoms with E-state index in [-0.39, 0.29) is 11.6 Å². The average Bonchev–Trinajstić information content (AvgIpc) is 2.78. The van der Waals surface area contributed by atoms with Crippen molar-refractivity contribution in [3.8, 4) is 11.5 Å². The molecule has 0 bridgehead atoms. The summed E-state index contributed by atoms with van der Waals surface area (Å²) in [6, 6.07) is 9.95. The van der Waals surface area contributed by atoms with Crippen LogP contribution >= 0.6 is 11.6 Å². The van der Waals surface area contributed by atoms with Gasteiger partial charge in [0.15, 0.2) is 23.1 Å². The Hall–Kier alpha value is -2.33. The van der Waals surface area contributed by atoms with Crippen LogP contribution in [0.5, 0.6) is 11.5 Å². The van der Waals surface area contributed by atoms with Gasteiger partial charge in [-0.15, -0.1) is 0 Å². The van der Waals surface area contributed by atoms with Gasteiger partial charge in [0.1, 0.15) is 5.92 Å². The SMILES string of the molecule is COc1cc(Cl)cc(C2C(=O)c3ccccc3C2=O)c1OC. The second-order valence-electron chi connectivity index (χ2n) is 4.94. The van der Waals surface area contributed by atoms with Crippen molar-refractivity contribution in [1.82, 2.24) is 0 Å². The van der Waals surface area contributed by atoms with E-state index in [0.29, 0.717) is 33.2 Å². The molecule has 0 aliphatic heterocycles. The Morgan fingerprint density at radius 1 is 0.955 bits per heavy atom. The molecule has 0 spiro atoms. The Morgan fingerprint density at radius 2 is 1.55 bits per heavy atom. The third kappa shape index (κ3) is 2.07. The first-order chi connectivity index (χ1) is 10.6. The first kappa shape index (κ1) is 14.6. The average molecular weight is 317 g/mol. The van der Waals surface area contributed by atoms with Crippen molar-refractivity contribution < 1.29 is 19.1 Å². The number of carbonyl (C=O) groups excluding carboxylic acids is 2. The lowest BCUT2D eigenvalue weighted by Gasteiger charge is -2.16. The van der Waals surface area contributed by atoms with Crippen LogP contribution < -0.4 is 9.47 Å². The Bertz CT molecular complexity index is 747. The van der Waals surface area contributed by atoms with E-state index >= 15 is 0 Å². The van der Waals surface area contributed by atoms with Gasteiger partial charge in [0.2, 0.25) is 0 Å². The van der Waals surface area contributed by atoms with E-state index in [2.05, 4.69) is 0 Å². The number of ether oxygens (including phenoxy) is 2. The maximum absolute atomic E-state index is 12.6. The number of rotatable bonds is 3. The summed E-state index contributed by atoms with van der Waals surface area (Å²) in [5.41, 5.74) is 1.29. The fourth-order valence-electron chi connectivity index (χ4n) is 2.80. The largest absolute Gasteiger partial charge is 0.493 e. The van der Waals surface area contributed by atoms with E-state index in [1.165, 1.54) is 14.2 Å². The zero-order valence-electron chi connectivity index (χ0n) is 12.1. The highest BCUT2D eigenvalue weighted by molar-refractivity contribution is 6.32. The molecule has 0 unspecified atom stereocenters. The number of halogens is 1. The number of methoxy groups -OCH3 is 2. The van der Waals surface area contributed by atoms with E-state index in [4.69, 9.17) is 21.1 Å². The molecule has 5 heteroatoms. The fraction of sp³-hybridized carbons (Fsp3) is 0.176. The van der Waals surface area contributed by atoms with Crippen molar-refractivity contribution in [2.24, 2.45) is 0 Å². The molecule has 0 saturated carbocycles. The minimum atomic E-state index is -0.944. The van der Waals surface area contributed by atoms with Gasteiger partial charge in [0.05, 0.1) is 14.2 Å². The lowest BCUT2D eigenvalue weighted by molar-refractivity contribution is 0.0888. The van der Waals surface area contributed by atoms with Gasteiger partial charge in [-0.2, -0.15) is 0 Å². The summed E-state index contributed by atoms with van der Waals surface area (Å²) < 4.78 is 10.6. The highest BCUT2D eigenvalue weighted by atomic mass is 35.5. The van der Waals surface area contributed by atoms with E-state index in [1.807, 2.05) is 0 Å². The second kappa shape index (κ2) is 5.46. The molecule has 0 heterocycles. The smallest absolute Gasteiger partial charge is 0.178 e. The molecule has 0 amide bonds. The third-order valence-electron chi connectivity index (χ3n) is 3.77. The van der Waals surface area contributed by atoms with Gasteiger partial charge >= 0.3 is 0 Å². The molecule has 1 aliphatic rings. The minimum absolute atomic E-state index is 0.247. The van der Waals surface area contributed by atoms with E-state index in [9.17, 15) is 9.59 Å². The molecule has 3 rings (SSSR count). The van der Waals surface area contributed by atoms with Crippen molar-refractivity contribution in [2.75, 3.05) is 14.2 Å². The van der Waals surface area contributed by atoms with Crippen LogP contribution in [0.1, 0.15) is 32.2 Å². The monoisotopic (exact) mass is 316 g/mol. The molecule has 4 nitrogen and oxygen atoms in total. The number of Topliss-reactive ketones (excluding diaryl/α,β-unsaturated/α-hetero) is 2. The van der Waals surface area contributed by atoms with Gasteiger partial charge in [0, 0.05) is 27.8 Å². The molecule has 0 N–H and O–H groups in total. The van der Waals surface area contributed by atoms with Gasteiger partial charge in [-0.3, -0.25) is 9.59 Å². The first-order valence-electron chi connectivity index (χ1n) is 6.67. The Kier molecular flexibility index (Phi) is 3.62. The molecule has 2 aromatic rings. The molecule has 0 saturated heterocycles. The molecular formula is C17H13ClO4. The van der Waals surface area contributed by atoms with Crippen LogP contribution in [0.2, 0.25) is 5.02 Å². The zero-order chi connectivity index (χ0) is 15.9. The normalized spacial score (nSPS) is 14.1. The summed E-state index contributed by atoms with van der Waals surface area (Å²) in [5, 5.41) is 0.379. The maximum Gasteiger partial charge on any atom is 0.178 e. The van der Waals surface area contributed by atoms with Gasteiger partial charge in [0.25, 0.3) is 0 Å². The van der Waals surface area contributed by atoms with Crippen LogP contribution in [0.4, 0.5) is 0 Å². The summed E-state index contributed by atoms with van der Waals surface area (Å²) in [4.78, 5) is 25.3. The Balaban J connectivity index is 2.20. The van der Waals surface area contributed by atoms with Gasteiger partial charge in [-0.05, 0) is 6.07 Å². The molecule has 22 heavy (non-hydrogen) atoms. The van der Waals surface area contributed by atoms with Crippen molar-refractivity contribution in [2.45, 2.75) is 5.92 Å². The molecule has 0 aromatic heterocycles. The predicted octanol–water partition coefficient (Wildman–Crippen LogP) is 3.52. The second-order valence-corrected chi connectivity index (χ2v) is 5.37. The van der Waals surface area contributed by atoms with Crippen LogP contribution in [-0.4, -0.2) is 25.8 Å². The highest BCUT2D eigenvalue weighted by Crippen LogP contribution is 2.43. The molecule has 112 valence electrons. The maximum atomic E-state index is 12.6. The summed E-state index contributed by atoms with van der Waals surface area (Å²) in [7, 11) is 2.94. The zero-order valence-corrected chi connectivity index (χ0v) is 12.8. The van der Waals surface area contributed by atoms with Crippen molar-refractivity contribution in [3.63, 3.8) is 0 Å². The van der Waals surface area contributed by atoms with Gasteiger partial charge < -0.3 is 9.47 Å². The molecule has 1 aliphatic carbocycles. The highest BCUT2D eigenvalue weighted by Gasteiger charge is 2.41. The lowest BCUT2D eigenvalue weighted by Crippen LogP contribution is -2.14. The first-order valence-corrected chi connectivity index (χ1v) is 7.05. The predicted molar refractivity (Wildman–Crippen MR) is 82.4 cm³/mol. The van der Waals surface area contributed by atoms with Crippen molar-refractivity contribution in [3.05, 3.63) is 58.1 Å². The van der Waals surface area contributed by atoms with E-state index in [1.54, 1.807) is 36.4 Å². The Morgan fingerprint density at radius 3 is 2.05 bits per heavy atom. The fourth-order valence-corrected chi connectivity index (χ4v) is 3.02. The molecule has 2 aromatic carbocycles. The van der Waals surface area contributed by atoms with Crippen molar-refractivity contribution in [1.29, 1.82) is 0 Å². The molecular weight excluding hydrogens is 304 g/mol. The lowest BCUT2D eigenvalue weighted by atomic mass is 9.93. The van der Waals surface area contributed by atoms with Crippen molar-refractivity contribution >= 4 is 23.2 Å². The topological polar surface area (TPSA) is 52.6 Å². The van der Waals surface area contributed by atoms with Crippen LogP contribution in [-0.2, 0) is 0 Å². The standard InChI is InChI=1S/C17H13ClO4/c1-21-13-8-9(18)7-12(17(13)22-2)14-15(19)10-5-3-4-6-11(10)16(14)20/h3-8,14H,1-2H3. The van der Waals surface area contributed by atoms with Crippen LogP contribution in [0, 0.1) is 0 Å². The molecule has 0 atom stereocenters. The van der Waals surface area contributed by atoms with Gasteiger partial charge in [-0.25, -0.2) is 0 Å². The summed E-state index contributed by atoms with van der Waals surface area (Å²) in [5.74, 6) is -0.695. The Labute approximate surface area is 132 Å². The number of benzene rings is 2. The molecule has 0 radical (unpaired) electrons. The van der Waals surface area contributed by atoms with Gasteiger partial charge in [-0.1, -0.05) is 35.9 Å². The number of hydrogen-bond acceptors (Lipinski definition) is 4. The summed E-state index contributed by atoms with van der Waals surface area (Å²) in [6.45, 7) is 0. The van der Waals surface area contributed by atoms with E-state index < -0.39 is 5.92 Å². The summed E-state index contributed by atoms with van der Waals surface area (Å²) >= 11 is 6.08. The number of carbonyl (C=O) groups is 2. The van der Waals surface area contributed by atoms with Crippen LogP contribution in [0.25, 0.3) is 0 Å². The number of ketones is 2. The van der Waals surface area contributed by atoms with Crippen LogP contribution in [0.3, 0.4) is 0 Å². The van der Waals surface area contributed by atoms with E-state index in [0.717, 1.165) is 0 Å².